The molecule has 0 aromatic rings. The summed E-state index contributed by atoms with van der Waals surface area (Å²) in [4.78, 5) is 0. The molecular formula is C6H13K. The Morgan fingerprint density at radius 3 is 1.43 bits per heavy atom. The topological polar surface area (TPSA) is 0 Å². The van der Waals surface area contributed by atoms with Crippen LogP contribution in [0.15, 0.2) is 0 Å². The van der Waals surface area contributed by atoms with E-state index in [4.69, 9.17) is 0 Å². The van der Waals surface area contributed by atoms with Crippen molar-refractivity contribution in [2.75, 3.05) is 0 Å². The van der Waals surface area contributed by atoms with Gasteiger partial charge in [-0.05, 0) is 0 Å². The van der Waals surface area contributed by atoms with E-state index in [9.17, 15) is 0 Å². The van der Waals surface area contributed by atoms with Crippen LogP contribution in [0, 0.1) is 5.92 Å². The maximum atomic E-state index is 2.34. The zero-order chi connectivity index (χ0) is 6.08. The second-order valence-corrected chi connectivity index (χ2v) is 7.55. The van der Waals surface area contributed by atoms with Crippen LogP contribution in [0.1, 0.15) is 27.7 Å². The van der Waals surface area contributed by atoms with Crippen molar-refractivity contribution in [1.82, 2.24) is 0 Å². The molecule has 0 aromatic carbocycles. The first-order valence-electron chi connectivity index (χ1n) is 2.94. The molecule has 0 heterocycles. The third-order valence-corrected chi connectivity index (χ3v) is 3.54. The van der Waals surface area contributed by atoms with E-state index < -0.39 is 0 Å². The van der Waals surface area contributed by atoms with E-state index in [1.54, 1.807) is 0 Å². The molecule has 0 saturated carbocycles. The van der Waals surface area contributed by atoms with Crippen molar-refractivity contribution in [1.29, 1.82) is 0 Å². The second-order valence-electron chi connectivity index (χ2n) is 3.52. The third-order valence-electron chi connectivity index (χ3n) is 1.73. The number of rotatable bonds is 1. The first-order valence-corrected chi connectivity index (χ1v) is 4.50. The van der Waals surface area contributed by atoms with Crippen LogP contribution in [-0.4, -0.2) is 49.0 Å². The Labute approximate surface area is 80.6 Å². The van der Waals surface area contributed by atoms with Crippen molar-refractivity contribution in [3.05, 3.63) is 0 Å². The molecule has 38 valence electrons. The molecule has 0 aliphatic rings. The summed E-state index contributed by atoms with van der Waals surface area (Å²) in [6.07, 6.45) is 0. The summed E-state index contributed by atoms with van der Waals surface area (Å²) in [6.45, 7) is 9.28. The van der Waals surface area contributed by atoms with E-state index in [-0.39, 0.29) is 0 Å². The molecular weight excluding hydrogens is 111 g/mol. The fraction of sp³-hybridized carbons (Fsp3) is 1.00. The molecule has 0 radical (unpaired) electrons. The molecule has 0 N–H and O–H groups in total. The van der Waals surface area contributed by atoms with Crippen LogP contribution < -0.4 is 0 Å². The van der Waals surface area contributed by atoms with Crippen molar-refractivity contribution >= 4 is 49.0 Å². The number of hydrogen-bond acceptors (Lipinski definition) is 0. The Morgan fingerprint density at radius 2 is 1.43 bits per heavy atom. The van der Waals surface area contributed by atoms with Crippen LogP contribution in [0.2, 0.25) is -0.490 Å². The maximum absolute atomic E-state index is 2.34. The van der Waals surface area contributed by atoms with Gasteiger partial charge in [0.2, 0.25) is 0 Å². The van der Waals surface area contributed by atoms with E-state index in [1.165, 1.54) is 0 Å². The van der Waals surface area contributed by atoms with Crippen molar-refractivity contribution < 1.29 is 0 Å². The minimum atomic E-state index is 0.688. The molecule has 0 spiro atoms. The second kappa shape index (κ2) is 2.97. The summed E-state index contributed by atoms with van der Waals surface area (Å²) >= 11 is 0.980. The van der Waals surface area contributed by atoms with E-state index in [0.29, 0.717) is -0.490 Å². The molecule has 0 rings (SSSR count). The molecule has 1 heteroatoms. The Hall–Kier alpha value is 1.64. The summed E-state index contributed by atoms with van der Waals surface area (Å²) in [5.74, 6) is 0.882. The van der Waals surface area contributed by atoms with Gasteiger partial charge in [-0.2, -0.15) is 0 Å². The summed E-state index contributed by atoms with van der Waals surface area (Å²) in [5.41, 5.74) is 0. The predicted molar refractivity (Wildman–Crippen MR) is 34.6 cm³/mol. The van der Waals surface area contributed by atoms with Gasteiger partial charge >= 0.3 is 82.1 Å². The normalized spacial score (nSPS) is 13.0. The van der Waals surface area contributed by atoms with Gasteiger partial charge in [0, 0.05) is 0 Å². The average Bonchev–Trinajstić information content (AvgIpc) is 1.31. The van der Waals surface area contributed by atoms with Crippen LogP contribution in [0.25, 0.3) is 0 Å². The fourth-order valence-corrected chi connectivity index (χ4v) is 0. The van der Waals surface area contributed by atoms with Gasteiger partial charge < -0.3 is 0 Å². The quantitative estimate of drug-likeness (QED) is 0.469. The average molecular weight is 124 g/mol. The van der Waals surface area contributed by atoms with Crippen molar-refractivity contribution in [2.24, 2.45) is 5.92 Å². The van der Waals surface area contributed by atoms with Gasteiger partial charge in [-0.1, -0.05) is 0 Å². The van der Waals surface area contributed by atoms with E-state index in [0.717, 1.165) is 54.9 Å². The van der Waals surface area contributed by atoms with Crippen molar-refractivity contribution in [3.8, 4) is 0 Å². The molecule has 0 fully saturated rings. The molecule has 0 saturated heterocycles. The zero-order valence-electron chi connectivity index (χ0n) is 6.08. The SMILES string of the molecule is CC(C)[C](C)(C)[K]. The van der Waals surface area contributed by atoms with Gasteiger partial charge in [0.1, 0.15) is 0 Å². The van der Waals surface area contributed by atoms with Crippen LogP contribution in [0.3, 0.4) is 0 Å². The van der Waals surface area contributed by atoms with Gasteiger partial charge in [0.25, 0.3) is 0 Å². The molecule has 0 aliphatic carbocycles. The van der Waals surface area contributed by atoms with E-state index >= 15 is 0 Å². The molecule has 0 unspecified atom stereocenters. The van der Waals surface area contributed by atoms with Crippen LogP contribution >= 0.6 is 0 Å². The van der Waals surface area contributed by atoms with Crippen molar-refractivity contribution in [2.45, 2.75) is 27.2 Å². The monoisotopic (exact) mass is 124 g/mol. The Morgan fingerprint density at radius 1 is 1.29 bits per heavy atom. The number of hydrogen-bond donors (Lipinski definition) is 0. The van der Waals surface area contributed by atoms with Crippen molar-refractivity contribution in [3.63, 3.8) is 0 Å². The van der Waals surface area contributed by atoms with Gasteiger partial charge in [0.05, 0.1) is 0 Å². The Kier molecular flexibility index (Phi) is 3.67. The summed E-state index contributed by atoms with van der Waals surface area (Å²) < 4.78 is 0.688. The minimum absolute atomic E-state index is 0.688. The van der Waals surface area contributed by atoms with Gasteiger partial charge in [-0.3, -0.25) is 0 Å². The molecule has 7 heavy (non-hydrogen) atoms. The Bertz CT molecular complexity index is 49.7. The summed E-state index contributed by atoms with van der Waals surface area (Å²) in [7, 11) is 0. The van der Waals surface area contributed by atoms with Gasteiger partial charge in [-0.15, -0.1) is 0 Å². The fourth-order valence-electron chi connectivity index (χ4n) is 0. The first kappa shape index (κ1) is 8.64. The summed E-state index contributed by atoms with van der Waals surface area (Å²) in [5, 5.41) is 0. The standard InChI is InChI=1S/C6H13.K/c1-5(2)6(3)4;/h5H,1-4H3;. The Balaban J connectivity index is 3.54. The predicted octanol–water partition coefficient (Wildman–Crippen LogP) is 2.01. The van der Waals surface area contributed by atoms with Gasteiger partial charge in [-0.25, -0.2) is 0 Å². The molecule has 0 atom stereocenters. The molecule has 0 aliphatic heterocycles. The van der Waals surface area contributed by atoms with Crippen LogP contribution in [0.4, 0.5) is 0 Å². The molecule has 0 bridgehead atoms. The van der Waals surface area contributed by atoms with E-state index in [2.05, 4.69) is 27.7 Å². The van der Waals surface area contributed by atoms with Crippen LogP contribution in [0.5, 0.6) is 0 Å². The summed E-state index contributed by atoms with van der Waals surface area (Å²) in [6, 6.07) is 0. The molecule has 0 aromatic heterocycles. The molecule has 0 nitrogen and oxygen atoms in total. The molecule has 0 amide bonds. The van der Waals surface area contributed by atoms with E-state index in [1.807, 2.05) is 0 Å². The third kappa shape index (κ3) is 4.16. The first-order chi connectivity index (χ1) is 2.94. The van der Waals surface area contributed by atoms with Gasteiger partial charge in [0.15, 0.2) is 0 Å². The zero-order valence-corrected chi connectivity index (χ0v) is 9.20. The van der Waals surface area contributed by atoms with Crippen LogP contribution in [-0.2, 0) is 0 Å².